The van der Waals surface area contributed by atoms with Gasteiger partial charge in [-0.15, -0.1) is 0 Å². The zero-order chi connectivity index (χ0) is 25.2. The molecule has 0 saturated heterocycles. The van der Waals surface area contributed by atoms with E-state index in [-0.39, 0.29) is 0 Å². The lowest BCUT2D eigenvalue weighted by Crippen LogP contribution is -2.11. The maximum Gasteiger partial charge on any atom is 0.0540 e. The summed E-state index contributed by atoms with van der Waals surface area (Å²) < 4.78 is 0. The minimum absolute atomic E-state index is 0.628. The van der Waals surface area contributed by atoms with Crippen molar-refractivity contribution in [1.29, 1.82) is 0 Å². The minimum Gasteiger partial charge on any atom is -0.309 e. The second-order valence-electron chi connectivity index (χ2n) is 8.96. The van der Waals surface area contributed by atoms with Crippen molar-refractivity contribution >= 4 is 74.0 Å². The largest absolute Gasteiger partial charge is 0.309 e. The van der Waals surface area contributed by atoms with Gasteiger partial charge in [-0.25, -0.2) is 0 Å². The molecule has 0 unspecified atom stereocenters. The van der Waals surface area contributed by atoms with Gasteiger partial charge in [-0.05, 0) is 64.4 Å². The zero-order valence-electron chi connectivity index (χ0n) is 20.0. The van der Waals surface area contributed by atoms with Crippen LogP contribution >= 0.6 is 23.2 Å². The maximum absolute atomic E-state index is 6.16. The summed E-state index contributed by atoms with van der Waals surface area (Å²) in [5.41, 5.74) is 5.44. The van der Waals surface area contributed by atoms with E-state index in [1.807, 2.05) is 18.2 Å². The summed E-state index contributed by atoms with van der Waals surface area (Å²) in [5, 5.41) is 6.10. The first-order chi connectivity index (χ1) is 18.2. The molecule has 0 N–H and O–H groups in total. The molecule has 0 aliphatic heterocycles. The van der Waals surface area contributed by atoms with Gasteiger partial charge < -0.3 is 4.90 Å². The van der Waals surface area contributed by atoms with Crippen LogP contribution in [-0.2, 0) is 0 Å². The Morgan fingerprint density at radius 2 is 0.946 bits per heavy atom. The number of nitrogens with zero attached hydrogens (tertiary/aromatic N) is 1. The number of benzene rings is 6. The molecule has 6 aromatic rings. The van der Waals surface area contributed by atoms with Crippen LogP contribution in [-0.4, -0.2) is 0 Å². The molecule has 6 rings (SSSR count). The van der Waals surface area contributed by atoms with Crippen molar-refractivity contribution in [2.45, 2.75) is 0 Å². The molecule has 0 amide bonds. The van der Waals surface area contributed by atoms with E-state index in [0.717, 1.165) is 28.2 Å². The fraction of sp³-hybridized carbons (Fsp3) is 0. The zero-order valence-corrected chi connectivity index (χ0v) is 21.5. The summed E-state index contributed by atoms with van der Waals surface area (Å²) in [6.07, 6.45) is 4.10. The third-order valence-corrected chi connectivity index (χ3v) is 6.96. The molecule has 37 heavy (non-hydrogen) atoms. The van der Waals surface area contributed by atoms with Gasteiger partial charge >= 0.3 is 0 Å². The van der Waals surface area contributed by atoms with Crippen molar-refractivity contribution < 1.29 is 0 Å². The Labute approximate surface area is 226 Å². The van der Waals surface area contributed by atoms with Crippen molar-refractivity contribution in [3.05, 3.63) is 149 Å². The van der Waals surface area contributed by atoms with Crippen LogP contribution in [0.4, 0.5) is 17.1 Å². The average Bonchev–Trinajstić information content (AvgIpc) is 2.92. The van der Waals surface area contributed by atoms with Crippen LogP contribution in [0.1, 0.15) is 11.1 Å². The number of halogens is 2. The summed E-state index contributed by atoms with van der Waals surface area (Å²) in [6, 6.07) is 44.2. The molecular weight excluding hydrogens is 493 g/mol. The van der Waals surface area contributed by atoms with Crippen LogP contribution in [0.15, 0.2) is 127 Å². The standard InChI is InChI=1S/C34H23Cl2N/c35-28-21-25(22-29(36)23-28)16-15-24-17-19-30(20-18-24)37(33-13-5-9-26-7-1-3-11-31(26)33)34-14-6-10-27-8-2-4-12-32(27)34/h1-23H. The highest BCUT2D eigenvalue weighted by molar-refractivity contribution is 6.34. The Hall–Kier alpha value is -4.04. The minimum atomic E-state index is 0.628. The molecule has 6 aromatic carbocycles. The monoisotopic (exact) mass is 515 g/mol. The molecule has 0 fully saturated rings. The lowest BCUT2D eigenvalue weighted by Gasteiger charge is -2.28. The first-order valence-corrected chi connectivity index (χ1v) is 12.9. The molecule has 0 aromatic heterocycles. The molecular formula is C34H23Cl2N. The highest BCUT2D eigenvalue weighted by Crippen LogP contribution is 2.41. The van der Waals surface area contributed by atoms with E-state index in [4.69, 9.17) is 23.2 Å². The van der Waals surface area contributed by atoms with Crippen molar-refractivity contribution in [3.63, 3.8) is 0 Å². The molecule has 0 aliphatic rings. The topological polar surface area (TPSA) is 3.24 Å². The highest BCUT2D eigenvalue weighted by Gasteiger charge is 2.17. The third-order valence-electron chi connectivity index (χ3n) is 6.52. The van der Waals surface area contributed by atoms with Gasteiger partial charge in [-0.3, -0.25) is 0 Å². The van der Waals surface area contributed by atoms with E-state index in [9.17, 15) is 0 Å². The van der Waals surface area contributed by atoms with Crippen LogP contribution in [0.3, 0.4) is 0 Å². The predicted octanol–water partition coefficient (Wildman–Crippen LogP) is 10.9. The van der Waals surface area contributed by atoms with E-state index in [0.29, 0.717) is 10.0 Å². The summed E-state index contributed by atoms with van der Waals surface area (Å²) in [6.45, 7) is 0. The van der Waals surface area contributed by atoms with Crippen LogP contribution in [0.5, 0.6) is 0 Å². The summed E-state index contributed by atoms with van der Waals surface area (Å²) in [5.74, 6) is 0. The summed E-state index contributed by atoms with van der Waals surface area (Å²) in [7, 11) is 0. The number of fused-ring (bicyclic) bond motifs is 2. The number of anilines is 3. The smallest absolute Gasteiger partial charge is 0.0540 e. The molecule has 0 spiro atoms. The molecule has 3 heteroatoms. The molecule has 0 heterocycles. The quantitative estimate of drug-likeness (QED) is 0.206. The van der Waals surface area contributed by atoms with Crippen molar-refractivity contribution in [3.8, 4) is 0 Å². The molecule has 0 aliphatic carbocycles. The second kappa shape index (κ2) is 10.1. The lowest BCUT2D eigenvalue weighted by atomic mass is 10.0. The number of hydrogen-bond donors (Lipinski definition) is 0. The Bertz CT molecular complexity index is 1640. The van der Waals surface area contributed by atoms with E-state index in [2.05, 4.69) is 120 Å². The van der Waals surface area contributed by atoms with Crippen LogP contribution < -0.4 is 4.90 Å². The average molecular weight is 516 g/mol. The Morgan fingerprint density at radius 1 is 0.459 bits per heavy atom. The molecule has 0 atom stereocenters. The van der Waals surface area contributed by atoms with Crippen molar-refractivity contribution in [2.75, 3.05) is 4.90 Å². The molecule has 0 radical (unpaired) electrons. The van der Waals surface area contributed by atoms with Crippen LogP contribution in [0.25, 0.3) is 33.7 Å². The first kappa shape index (κ1) is 23.4. The third kappa shape index (κ3) is 4.84. The van der Waals surface area contributed by atoms with Gasteiger partial charge in [0, 0.05) is 26.5 Å². The van der Waals surface area contributed by atoms with Gasteiger partial charge in [-0.2, -0.15) is 0 Å². The van der Waals surface area contributed by atoms with E-state index >= 15 is 0 Å². The van der Waals surface area contributed by atoms with E-state index in [1.165, 1.54) is 21.5 Å². The maximum atomic E-state index is 6.16. The fourth-order valence-electron chi connectivity index (χ4n) is 4.81. The van der Waals surface area contributed by atoms with Gasteiger partial charge in [-0.1, -0.05) is 120 Å². The normalized spacial score (nSPS) is 11.4. The van der Waals surface area contributed by atoms with Crippen molar-refractivity contribution in [1.82, 2.24) is 0 Å². The molecule has 0 bridgehead atoms. The Balaban J connectivity index is 1.47. The molecule has 178 valence electrons. The second-order valence-corrected chi connectivity index (χ2v) is 9.83. The Morgan fingerprint density at radius 3 is 1.51 bits per heavy atom. The van der Waals surface area contributed by atoms with Crippen LogP contribution in [0, 0.1) is 0 Å². The van der Waals surface area contributed by atoms with Gasteiger partial charge in [0.25, 0.3) is 0 Å². The summed E-state index contributed by atoms with van der Waals surface area (Å²) >= 11 is 12.3. The van der Waals surface area contributed by atoms with Crippen LogP contribution in [0.2, 0.25) is 10.0 Å². The van der Waals surface area contributed by atoms with Gasteiger partial charge in [0.15, 0.2) is 0 Å². The predicted molar refractivity (Wildman–Crippen MR) is 162 cm³/mol. The van der Waals surface area contributed by atoms with Gasteiger partial charge in [0.2, 0.25) is 0 Å². The number of hydrogen-bond acceptors (Lipinski definition) is 1. The summed E-state index contributed by atoms with van der Waals surface area (Å²) in [4.78, 5) is 2.36. The highest BCUT2D eigenvalue weighted by atomic mass is 35.5. The SMILES string of the molecule is Clc1cc(Cl)cc(C=Cc2ccc(N(c3cccc4ccccc34)c3cccc4ccccc34)cc2)c1. The number of rotatable bonds is 5. The van der Waals surface area contributed by atoms with E-state index in [1.54, 1.807) is 6.07 Å². The Kier molecular flexibility index (Phi) is 6.40. The van der Waals surface area contributed by atoms with E-state index < -0.39 is 0 Å². The van der Waals surface area contributed by atoms with Gasteiger partial charge in [0.1, 0.15) is 0 Å². The fourth-order valence-corrected chi connectivity index (χ4v) is 5.36. The molecule has 1 nitrogen and oxygen atoms in total. The first-order valence-electron chi connectivity index (χ1n) is 12.2. The lowest BCUT2D eigenvalue weighted by molar-refractivity contribution is 1.31. The van der Waals surface area contributed by atoms with Crippen molar-refractivity contribution in [2.24, 2.45) is 0 Å². The van der Waals surface area contributed by atoms with Gasteiger partial charge in [0.05, 0.1) is 11.4 Å². The molecule has 0 saturated carbocycles.